The lowest BCUT2D eigenvalue weighted by Crippen LogP contribution is -2.11. The second kappa shape index (κ2) is 8.13. The lowest BCUT2D eigenvalue weighted by Gasteiger charge is -2.15. The van der Waals surface area contributed by atoms with E-state index >= 15 is 0 Å². The monoisotopic (exact) mass is 437 g/mol. The van der Waals surface area contributed by atoms with E-state index in [0.717, 1.165) is 17.6 Å². The third-order valence-electron chi connectivity index (χ3n) is 3.78. The number of hydrogen-bond donors (Lipinski definition) is 3. The van der Waals surface area contributed by atoms with Gasteiger partial charge in [-0.3, -0.25) is 9.40 Å². The lowest BCUT2D eigenvalue weighted by atomic mass is 10.2. The summed E-state index contributed by atoms with van der Waals surface area (Å²) in [6, 6.07) is 4.89. The molecule has 1 aromatic carbocycles. The zero-order chi connectivity index (χ0) is 21.2. The smallest absolute Gasteiger partial charge is 0.229 e. The third kappa shape index (κ3) is 5.27. The van der Waals surface area contributed by atoms with Crippen LogP contribution in [0.4, 0.5) is 28.8 Å². The van der Waals surface area contributed by atoms with Crippen LogP contribution in [-0.4, -0.2) is 41.5 Å². The van der Waals surface area contributed by atoms with Gasteiger partial charge in [0.05, 0.1) is 42.3 Å². The maximum absolute atomic E-state index is 11.7. The quantitative estimate of drug-likeness (QED) is 0.515. The number of nitrogens with one attached hydrogen (secondary N) is 3. The van der Waals surface area contributed by atoms with Crippen molar-refractivity contribution in [2.75, 3.05) is 28.7 Å². The molecule has 0 saturated heterocycles. The number of sulfonamides is 1. The normalized spacial score (nSPS) is 11.2. The molecule has 0 aliphatic heterocycles. The van der Waals surface area contributed by atoms with Crippen LogP contribution in [0, 0.1) is 6.92 Å². The van der Waals surface area contributed by atoms with Gasteiger partial charge in [-0.2, -0.15) is 10.1 Å². The Bertz CT molecular complexity index is 1150. The van der Waals surface area contributed by atoms with Crippen molar-refractivity contribution in [3.8, 4) is 5.75 Å². The number of methoxy groups -OCH3 is 1. The molecule has 2 heterocycles. The number of rotatable bonds is 7. The van der Waals surface area contributed by atoms with Gasteiger partial charge in [-0.1, -0.05) is 11.6 Å². The van der Waals surface area contributed by atoms with Gasteiger partial charge in [0, 0.05) is 19.3 Å². The second-order valence-corrected chi connectivity index (χ2v) is 8.38. The Hall–Kier alpha value is -3.05. The number of ether oxygens (including phenoxy) is 1. The number of halogens is 1. The molecule has 0 aliphatic carbocycles. The molecule has 0 radical (unpaired) electrons. The highest BCUT2D eigenvalue weighted by atomic mass is 35.5. The predicted molar refractivity (Wildman–Crippen MR) is 113 cm³/mol. The molecule has 0 aliphatic rings. The maximum Gasteiger partial charge on any atom is 0.229 e. The summed E-state index contributed by atoms with van der Waals surface area (Å²) < 4.78 is 32.7. The van der Waals surface area contributed by atoms with Crippen LogP contribution in [0.3, 0.4) is 0 Å². The Kier molecular flexibility index (Phi) is 5.80. The van der Waals surface area contributed by atoms with E-state index in [-0.39, 0.29) is 5.02 Å². The molecule has 0 unspecified atom stereocenters. The van der Waals surface area contributed by atoms with E-state index in [2.05, 4.69) is 30.4 Å². The molecular weight excluding hydrogens is 418 g/mol. The van der Waals surface area contributed by atoms with Crippen LogP contribution < -0.4 is 20.1 Å². The van der Waals surface area contributed by atoms with Crippen molar-refractivity contribution in [3.63, 3.8) is 0 Å². The Balaban J connectivity index is 1.92. The fourth-order valence-corrected chi connectivity index (χ4v) is 3.24. The zero-order valence-electron chi connectivity index (χ0n) is 16.2. The molecule has 0 saturated carbocycles. The molecule has 0 amide bonds. The van der Waals surface area contributed by atoms with Gasteiger partial charge in [-0.15, -0.1) is 0 Å². The average Bonchev–Trinajstić information content (AvgIpc) is 2.95. The van der Waals surface area contributed by atoms with Crippen molar-refractivity contribution >= 4 is 50.5 Å². The van der Waals surface area contributed by atoms with Gasteiger partial charge in [0.1, 0.15) is 10.8 Å². The van der Waals surface area contributed by atoms with Gasteiger partial charge in [0.2, 0.25) is 16.0 Å². The Morgan fingerprint density at radius 3 is 2.55 bits per heavy atom. The Morgan fingerprint density at radius 2 is 1.93 bits per heavy atom. The summed E-state index contributed by atoms with van der Waals surface area (Å²) in [7, 11) is -0.206. The molecule has 10 nitrogen and oxygen atoms in total. The fourth-order valence-electron chi connectivity index (χ4n) is 2.53. The van der Waals surface area contributed by atoms with Crippen molar-refractivity contribution in [3.05, 3.63) is 41.3 Å². The molecule has 0 fully saturated rings. The van der Waals surface area contributed by atoms with Crippen molar-refractivity contribution in [1.82, 2.24) is 19.7 Å². The Labute approximate surface area is 173 Å². The largest absolute Gasteiger partial charge is 0.497 e. The maximum atomic E-state index is 11.7. The molecule has 0 bridgehead atoms. The minimum absolute atomic E-state index is 0.264. The topological polar surface area (TPSA) is 123 Å². The van der Waals surface area contributed by atoms with E-state index in [0.29, 0.717) is 28.9 Å². The molecule has 2 aromatic heterocycles. The highest BCUT2D eigenvalue weighted by molar-refractivity contribution is 7.92. The van der Waals surface area contributed by atoms with Crippen LogP contribution in [0.2, 0.25) is 5.02 Å². The van der Waals surface area contributed by atoms with E-state index in [1.807, 2.05) is 14.0 Å². The zero-order valence-corrected chi connectivity index (χ0v) is 17.8. The molecule has 154 valence electrons. The van der Waals surface area contributed by atoms with Gasteiger partial charge < -0.3 is 15.4 Å². The van der Waals surface area contributed by atoms with Crippen LogP contribution in [-0.2, 0) is 17.1 Å². The predicted octanol–water partition coefficient (Wildman–Crippen LogP) is 3.04. The minimum Gasteiger partial charge on any atom is -0.497 e. The summed E-state index contributed by atoms with van der Waals surface area (Å²) in [4.78, 5) is 8.56. The standard InChI is InChI=1S/C17H20ClN7O3S/c1-10-15(9-25(2)23-10)21-17-19-8-12(18)16(22-17)20-13-6-5-11(28-3)7-14(13)24-29(4,26)27/h5-9,24H,1-4H3,(H2,19,20,21,22). The first-order chi connectivity index (χ1) is 13.6. The highest BCUT2D eigenvalue weighted by Crippen LogP contribution is 2.32. The summed E-state index contributed by atoms with van der Waals surface area (Å²) in [5, 5.41) is 10.6. The number of hydrogen-bond acceptors (Lipinski definition) is 8. The molecule has 12 heteroatoms. The van der Waals surface area contributed by atoms with Crippen molar-refractivity contribution in [2.45, 2.75) is 6.92 Å². The molecule has 0 atom stereocenters. The average molecular weight is 438 g/mol. The molecule has 3 aromatic rings. The number of aromatic nitrogens is 4. The van der Waals surface area contributed by atoms with Gasteiger partial charge in [-0.05, 0) is 19.1 Å². The first kappa shape index (κ1) is 20.7. The molecule has 3 rings (SSSR count). The fraction of sp³-hybridized carbons (Fsp3) is 0.235. The molecular formula is C17H20ClN7O3S. The van der Waals surface area contributed by atoms with E-state index in [1.165, 1.54) is 13.3 Å². The minimum atomic E-state index is -3.51. The van der Waals surface area contributed by atoms with Crippen LogP contribution in [0.5, 0.6) is 5.75 Å². The lowest BCUT2D eigenvalue weighted by molar-refractivity contribution is 0.415. The summed E-state index contributed by atoms with van der Waals surface area (Å²) in [5.74, 6) is 1.09. The highest BCUT2D eigenvalue weighted by Gasteiger charge is 2.13. The van der Waals surface area contributed by atoms with E-state index < -0.39 is 10.0 Å². The molecule has 29 heavy (non-hydrogen) atoms. The van der Waals surface area contributed by atoms with Crippen LogP contribution in [0.25, 0.3) is 0 Å². The van der Waals surface area contributed by atoms with E-state index in [4.69, 9.17) is 16.3 Å². The van der Waals surface area contributed by atoms with Crippen molar-refractivity contribution in [1.29, 1.82) is 0 Å². The van der Waals surface area contributed by atoms with Crippen LogP contribution in [0.1, 0.15) is 5.69 Å². The summed E-state index contributed by atoms with van der Waals surface area (Å²) in [5.41, 5.74) is 2.28. The van der Waals surface area contributed by atoms with Gasteiger partial charge in [0.15, 0.2) is 5.82 Å². The van der Waals surface area contributed by atoms with Crippen LogP contribution in [0.15, 0.2) is 30.6 Å². The number of anilines is 5. The van der Waals surface area contributed by atoms with E-state index in [1.54, 1.807) is 29.1 Å². The number of benzene rings is 1. The number of nitrogens with zero attached hydrogens (tertiary/aromatic N) is 4. The molecule has 0 spiro atoms. The third-order valence-corrected chi connectivity index (χ3v) is 4.65. The van der Waals surface area contributed by atoms with Gasteiger partial charge in [-0.25, -0.2) is 13.4 Å². The van der Waals surface area contributed by atoms with E-state index in [9.17, 15) is 8.42 Å². The summed E-state index contributed by atoms with van der Waals surface area (Å²) in [6.07, 6.45) is 4.31. The first-order valence-corrected chi connectivity index (χ1v) is 10.6. The SMILES string of the molecule is COc1ccc(Nc2nc(Nc3cn(C)nc3C)ncc2Cl)c(NS(C)(=O)=O)c1. The summed E-state index contributed by atoms with van der Waals surface area (Å²) >= 11 is 6.23. The molecule has 3 N–H and O–H groups in total. The second-order valence-electron chi connectivity index (χ2n) is 6.23. The van der Waals surface area contributed by atoms with Crippen molar-refractivity contribution in [2.24, 2.45) is 7.05 Å². The van der Waals surface area contributed by atoms with Gasteiger partial charge >= 0.3 is 0 Å². The summed E-state index contributed by atoms with van der Waals surface area (Å²) in [6.45, 7) is 1.86. The van der Waals surface area contributed by atoms with Crippen LogP contribution >= 0.6 is 11.6 Å². The van der Waals surface area contributed by atoms with Gasteiger partial charge in [0.25, 0.3) is 0 Å². The van der Waals surface area contributed by atoms with Crippen molar-refractivity contribution < 1.29 is 13.2 Å². The Morgan fingerprint density at radius 1 is 1.17 bits per heavy atom. The first-order valence-electron chi connectivity index (χ1n) is 8.37. The number of aryl methyl sites for hydroxylation is 2.